The van der Waals surface area contributed by atoms with Gasteiger partial charge in [-0.1, -0.05) is 12.8 Å². The molecule has 2 nitrogen and oxygen atoms in total. The van der Waals surface area contributed by atoms with E-state index in [1.54, 1.807) is 0 Å². The van der Waals surface area contributed by atoms with Gasteiger partial charge in [0.25, 0.3) is 0 Å². The van der Waals surface area contributed by atoms with Gasteiger partial charge < -0.3 is 5.32 Å². The maximum Gasteiger partial charge on any atom is 0.0714 e. The van der Waals surface area contributed by atoms with Crippen molar-refractivity contribution < 1.29 is 0 Å². The van der Waals surface area contributed by atoms with Crippen LogP contribution in [0, 0.1) is 12.3 Å². The van der Waals surface area contributed by atoms with Crippen molar-refractivity contribution in [1.82, 2.24) is 10.2 Å². The SMILES string of the molecule is C#CC(CC)N1C2CCC1CC(NC)C2. The van der Waals surface area contributed by atoms with E-state index < -0.39 is 0 Å². The molecule has 0 spiro atoms. The second-order valence-electron chi connectivity index (χ2n) is 4.88. The molecule has 3 atom stereocenters. The summed E-state index contributed by atoms with van der Waals surface area (Å²) in [6, 6.07) is 2.57. The van der Waals surface area contributed by atoms with Crippen LogP contribution in [-0.2, 0) is 0 Å². The number of hydrogen-bond donors (Lipinski definition) is 1. The van der Waals surface area contributed by atoms with Gasteiger partial charge in [-0.2, -0.15) is 0 Å². The highest BCUT2D eigenvalue weighted by Crippen LogP contribution is 2.37. The van der Waals surface area contributed by atoms with Gasteiger partial charge >= 0.3 is 0 Å². The highest BCUT2D eigenvalue weighted by atomic mass is 15.3. The number of piperidine rings is 1. The first-order valence-electron chi connectivity index (χ1n) is 6.21. The van der Waals surface area contributed by atoms with Crippen molar-refractivity contribution in [2.24, 2.45) is 0 Å². The van der Waals surface area contributed by atoms with E-state index in [4.69, 9.17) is 6.42 Å². The molecule has 2 aliphatic heterocycles. The number of rotatable bonds is 3. The average molecular weight is 206 g/mol. The lowest BCUT2D eigenvalue weighted by atomic mass is 9.95. The molecule has 0 aromatic heterocycles. The van der Waals surface area contributed by atoms with Crippen LogP contribution in [0.5, 0.6) is 0 Å². The first kappa shape index (κ1) is 11.0. The van der Waals surface area contributed by atoms with Crippen molar-refractivity contribution in [1.29, 1.82) is 0 Å². The summed E-state index contributed by atoms with van der Waals surface area (Å²) in [7, 11) is 2.08. The first-order valence-corrected chi connectivity index (χ1v) is 6.21. The standard InChI is InChI=1S/C13H22N2/c1-4-11(5-2)15-12-6-7-13(15)9-10(8-12)14-3/h1,10-14H,5-9H2,2-3H3. The molecule has 2 saturated heterocycles. The molecule has 84 valence electrons. The topological polar surface area (TPSA) is 15.3 Å². The molecule has 3 unspecified atom stereocenters. The van der Waals surface area contributed by atoms with Crippen LogP contribution in [0.15, 0.2) is 0 Å². The summed E-state index contributed by atoms with van der Waals surface area (Å²) < 4.78 is 0. The molecule has 2 rings (SSSR count). The van der Waals surface area contributed by atoms with Crippen molar-refractivity contribution in [3.63, 3.8) is 0 Å². The van der Waals surface area contributed by atoms with Crippen LogP contribution in [0.1, 0.15) is 39.0 Å². The summed E-state index contributed by atoms with van der Waals surface area (Å²) in [6.45, 7) is 2.20. The van der Waals surface area contributed by atoms with E-state index in [0.29, 0.717) is 12.1 Å². The molecule has 0 aromatic rings. The van der Waals surface area contributed by atoms with Crippen LogP contribution < -0.4 is 5.32 Å². The Hall–Kier alpha value is -0.520. The van der Waals surface area contributed by atoms with Crippen molar-refractivity contribution >= 4 is 0 Å². The van der Waals surface area contributed by atoms with E-state index in [9.17, 15) is 0 Å². The molecule has 1 N–H and O–H groups in total. The van der Waals surface area contributed by atoms with Gasteiger partial charge in [0.1, 0.15) is 0 Å². The Kier molecular flexibility index (Phi) is 3.33. The van der Waals surface area contributed by atoms with E-state index in [-0.39, 0.29) is 0 Å². The zero-order chi connectivity index (χ0) is 10.8. The second-order valence-corrected chi connectivity index (χ2v) is 4.88. The van der Waals surface area contributed by atoms with E-state index >= 15 is 0 Å². The fraction of sp³-hybridized carbons (Fsp3) is 0.846. The van der Waals surface area contributed by atoms with Crippen LogP contribution in [0.4, 0.5) is 0 Å². The van der Waals surface area contributed by atoms with Crippen molar-refractivity contribution in [3.05, 3.63) is 0 Å². The average Bonchev–Trinajstić information content (AvgIpc) is 2.52. The predicted octanol–water partition coefficient (Wildman–Crippen LogP) is 1.61. The molecule has 2 heterocycles. The van der Waals surface area contributed by atoms with Crippen molar-refractivity contribution in [3.8, 4) is 12.3 Å². The number of nitrogens with zero attached hydrogens (tertiary/aromatic N) is 1. The first-order chi connectivity index (χ1) is 7.30. The highest BCUT2D eigenvalue weighted by Gasteiger charge is 2.42. The predicted molar refractivity (Wildman–Crippen MR) is 63.6 cm³/mol. The summed E-state index contributed by atoms with van der Waals surface area (Å²) in [6.07, 6.45) is 12.0. The molecule has 0 saturated carbocycles. The molecule has 15 heavy (non-hydrogen) atoms. The van der Waals surface area contributed by atoms with E-state index in [1.165, 1.54) is 25.7 Å². The number of terminal acetylenes is 1. The lowest BCUT2D eigenvalue weighted by molar-refractivity contribution is 0.0932. The minimum Gasteiger partial charge on any atom is -0.317 e. The smallest absolute Gasteiger partial charge is 0.0714 e. The Morgan fingerprint density at radius 1 is 1.40 bits per heavy atom. The third-order valence-corrected chi connectivity index (χ3v) is 4.14. The molecule has 0 radical (unpaired) electrons. The van der Waals surface area contributed by atoms with Crippen molar-refractivity contribution in [2.45, 2.75) is 63.2 Å². The number of nitrogens with one attached hydrogen (secondary N) is 1. The van der Waals surface area contributed by atoms with E-state index in [1.807, 2.05) is 0 Å². The quantitative estimate of drug-likeness (QED) is 0.706. The molecule has 2 aliphatic rings. The van der Waals surface area contributed by atoms with Crippen LogP contribution in [-0.4, -0.2) is 36.1 Å². The zero-order valence-corrected chi connectivity index (χ0v) is 9.87. The van der Waals surface area contributed by atoms with Crippen LogP contribution in [0.2, 0.25) is 0 Å². The molecule has 0 aliphatic carbocycles. The van der Waals surface area contributed by atoms with Gasteiger partial charge in [-0.05, 0) is 39.2 Å². The second kappa shape index (κ2) is 4.55. The van der Waals surface area contributed by atoms with Gasteiger partial charge in [0.05, 0.1) is 6.04 Å². The molecule has 2 fully saturated rings. The largest absolute Gasteiger partial charge is 0.317 e. The molecule has 2 bridgehead atoms. The number of hydrogen-bond acceptors (Lipinski definition) is 2. The summed E-state index contributed by atoms with van der Waals surface area (Å²) in [5.41, 5.74) is 0. The molecule has 2 heteroatoms. The van der Waals surface area contributed by atoms with Gasteiger partial charge in [0.2, 0.25) is 0 Å². The summed E-state index contributed by atoms with van der Waals surface area (Å²) >= 11 is 0. The molecule has 0 aromatic carbocycles. The van der Waals surface area contributed by atoms with Gasteiger partial charge in [-0.3, -0.25) is 4.90 Å². The Morgan fingerprint density at radius 3 is 2.40 bits per heavy atom. The van der Waals surface area contributed by atoms with Gasteiger partial charge in [-0.25, -0.2) is 0 Å². The Labute approximate surface area is 93.4 Å². The highest BCUT2D eigenvalue weighted by molar-refractivity contribution is 5.08. The number of fused-ring (bicyclic) bond motifs is 2. The van der Waals surface area contributed by atoms with Crippen LogP contribution in [0.25, 0.3) is 0 Å². The van der Waals surface area contributed by atoms with Crippen LogP contribution in [0.3, 0.4) is 0 Å². The normalized spacial score (nSPS) is 37.5. The third kappa shape index (κ3) is 1.91. The summed E-state index contributed by atoms with van der Waals surface area (Å²) in [5.74, 6) is 2.96. The van der Waals surface area contributed by atoms with E-state index in [2.05, 4.69) is 30.1 Å². The van der Waals surface area contributed by atoms with Gasteiger partial charge in [0.15, 0.2) is 0 Å². The molecular formula is C13H22N2. The lowest BCUT2D eigenvalue weighted by Gasteiger charge is -2.41. The van der Waals surface area contributed by atoms with Crippen molar-refractivity contribution in [2.75, 3.05) is 7.05 Å². The minimum absolute atomic E-state index is 0.375. The minimum atomic E-state index is 0.375. The Balaban J connectivity index is 2.07. The third-order valence-electron chi connectivity index (χ3n) is 4.14. The van der Waals surface area contributed by atoms with E-state index in [0.717, 1.165) is 18.5 Å². The monoisotopic (exact) mass is 206 g/mol. The maximum absolute atomic E-state index is 5.63. The fourth-order valence-electron chi connectivity index (χ4n) is 3.37. The maximum atomic E-state index is 5.63. The summed E-state index contributed by atoms with van der Waals surface area (Å²) in [5, 5.41) is 3.42. The van der Waals surface area contributed by atoms with Gasteiger partial charge in [-0.15, -0.1) is 6.42 Å². The van der Waals surface area contributed by atoms with Gasteiger partial charge in [0, 0.05) is 18.1 Å². The Morgan fingerprint density at radius 2 is 2.00 bits per heavy atom. The lowest BCUT2D eigenvalue weighted by Crippen LogP contribution is -2.52. The Bertz CT molecular complexity index is 242. The zero-order valence-electron chi connectivity index (χ0n) is 9.87. The summed E-state index contributed by atoms with van der Waals surface area (Å²) in [4.78, 5) is 2.62. The fourth-order valence-corrected chi connectivity index (χ4v) is 3.37. The molecule has 0 amide bonds. The van der Waals surface area contributed by atoms with Crippen LogP contribution >= 0.6 is 0 Å². The molecular weight excluding hydrogens is 184 g/mol.